The Hall–Kier alpha value is -1.16. The third kappa shape index (κ3) is 4.30. The Morgan fingerprint density at radius 1 is 1.53 bits per heavy atom. The van der Waals surface area contributed by atoms with Crippen molar-refractivity contribution in [2.75, 3.05) is 18.5 Å². The fraction of sp³-hybridized carbons (Fsp3) is 0.462. The third-order valence-corrected chi connectivity index (χ3v) is 3.81. The highest BCUT2D eigenvalue weighted by molar-refractivity contribution is 7.99. The lowest BCUT2D eigenvalue weighted by Crippen LogP contribution is -2.26. The van der Waals surface area contributed by atoms with Gasteiger partial charge in [-0.15, -0.1) is 0 Å². The first-order valence-corrected chi connectivity index (χ1v) is 7.00. The van der Waals surface area contributed by atoms with Crippen molar-refractivity contribution in [2.45, 2.75) is 25.5 Å². The quantitative estimate of drug-likeness (QED) is 0.791. The summed E-state index contributed by atoms with van der Waals surface area (Å²) in [5.74, 6) is -0.0265. The number of carbonyl (C=O) groups is 1. The number of nitrogens with two attached hydrogens (primary N) is 1. The highest BCUT2D eigenvalue weighted by atomic mass is 32.2. The molecule has 1 unspecified atom stereocenters. The molecule has 4 heteroatoms. The highest BCUT2D eigenvalue weighted by Gasteiger charge is 2.07. The van der Waals surface area contributed by atoms with Crippen LogP contribution in [0.3, 0.4) is 0 Å². The molecule has 1 amide bonds. The topological polar surface area (TPSA) is 55.1 Å². The number of thioether (sulfide) groups is 1. The Kier molecular flexibility index (Phi) is 5.35. The van der Waals surface area contributed by atoms with E-state index in [0.29, 0.717) is 17.4 Å². The molecule has 0 aliphatic heterocycles. The van der Waals surface area contributed by atoms with Gasteiger partial charge in [-0.25, -0.2) is 0 Å². The van der Waals surface area contributed by atoms with Gasteiger partial charge in [0.05, 0.1) is 0 Å². The average molecular weight is 252 g/mol. The van der Waals surface area contributed by atoms with Crippen LogP contribution in [0.4, 0.5) is 5.69 Å². The molecule has 0 fully saturated rings. The van der Waals surface area contributed by atoms with Crippen LogP contribution in [0.2, 0.25) is 0 Å². The zero-order valence-electron chi connectivity index (χ0n) is 10.6. The number of aryl methyl sites for hydroxylation is 1. The number of carbonyl (C=O) groups excluding carboxylic acids is 1. The number of hydrogen-bond acceptors (Lipinski definition) is 3. The molecule has 1 aromatic carbocycles. The number of rotatable bonds is 5. The molecule has 3 N–H and O–H groups in total. The predicted octanol–water partition coefficient (Wildman–Crippen LogP) is 2.45. The molecule has 17 heavy (non-hydrogen) atoms. The van der Waals surface area contributed by atoms with Crippen LogP contribution in [-0.4, -0.2) is 24.0 Å². The standard InChI is InChI=1S/C13H20N2OS/c1-9-8-11(4-5-12(9)14)13(16)15-7-6-10(2)17-3/h4-5,8,10H,6-7,14H2,1-3H3,(H,15,16). The summed E-state index contributed by atoms with van der Waals surface area (Å²) < 4.78 is 0. The molecule has 0 aromatic heterocycles. The maximum atomic E-state index is 11.8. The minimum Gasteiger partial charge on any atom is -0.399 e. The SMILES string of the molecule is CSC(C)CCNC(=O)c1ccc(N)c(C)c1. The van der Waals surface area contributed by atoms with E-state index in [-0.39, 0.29) is 5.91 Å². The molecular weight excluding hydrogens is 232 g/mol. The fourth-order valence-electron chi connectivity index (χ4n) is 1.43. The van der Waals surface area contributed by atoms with E-state index in [2.05, 4.69) is 18.5 Å². The largest absolute Gasteiger partial charge is 0.399 e. The van der Waals surface area contributed by atoms with Crippen molar-refractivity contribution in [1.82, 2.24) is 5.32 Å². The molecule has 0 aliphatic carbocycles. The molecule has 1 atom stereocenters. The van der Waals surface area contributed by atoms with Gasteiger partial charge in [-0.1, -0.05) is 6.92 Å². The van der Waals surface area contributed by atoms with Gasteiger partial charge in [-0.3, -0.25) is 4.79 Å². The van der Waals surface area contributed by atoms with Crippen LogP contribution >= 0.6 is 11.8 Å². The Balaban J connectivity index is 2.50. The van der Waals surface area contributed by atoms with Crippen LogP contribution < -0.4 is 11.1 Å². The first-order chi connectivity index (χ1) is 8.04. The van der Waals surface area contributed by atoms with Crippen molar-refractivity contribution < 1.29 is 4.79 Å². The Morgan fingerprint density at radius 2 is 2.24 bits per heavy atom. The molecule has 0 spiro atoms. The van der Waals surface area contributed by atoms with Crippen LogP contribution in [0.15, 0.2) is 18.2 Å². The van der Waals surface area contributed by atoms with Gasteiger partial charge in [0.2, 0.25) is 0 Å². The molecule has 0 aliphatic rings. The lowest BCUT2D eigenvalue weighted by Gasteiger charge is -2.10. The normalized spacial score (nSPS) is 12.2. The minimum absolute atomic E-state index is 0.0265. The zero-order chi connectivity index (χ0) is 12.8. The molecule has 0 saturated carbocycles. The van der Waals surface area contributed by atoms with Crippen LogP contribution in [0, 0.1) is 6.92 Å². The van der Waals surface area contributed by atoms with E-state index in [1.165, 1.54) is 0 Å². The Labute approximate surface area is 107 Å². The zero-order valence-corrected chi connectivity index (χ0v) is 11.4. The smallest absolute Gasteiger partial charge is 0.251 e. The second-order valence-electron chi connectivity index (χ2n) is 4.16. The third-order valence-electron chi connectivity index (χ3n) is 2.77. The van der Waals surface area contributed by atoms with E-state index in [4.69, 9.17) is 5.73 Å². The first kappa shape index (κ1) is 13.9. The number of anilines is 1. The molecule has 0 heterocycles. The van der Waals surface area contributed by atoms with Crippen molar-refractivity contribution in [3.8, 4) is 0 Å². The van der Waals surface area contributed by atoms with Crippen molar-refractivity contribution in [3.63, 3.8) is 0 Å². The van der Waals surface area contributed by atoms with Crippen molar-refractivity contribution >= 4 is 23.4 Å². The summed E-state index contributed by atoms with van der Waals surface area (Å²) in [6.07, 6.45) is 3.07. The number of hydrogen-bond donors (Lipinski definition) is 2. The molecule has 94 valence electrons. The molecule has 1 rings (SSSR count). The van der Waals surface area contributed by atoms with Crippen LogP contribution in [0.25, 0.3) is 0 Å². The summed E-state index contributed by atoms with van der Waals surface area (Å²) in [7, 11) is 0. The van der Waals surface area contributed by atoms with Crippen molar-refractivity contribution in [2.24, 2.45) is 0 Å². The molecule has 1 aromatic rings. The lowest BCUT2D eigenvalue weighted by atomic mass is 10.1. The summed E-state index contributed by atoms with van der Waals surface area (Å²) in [4.78, 5) is 11.8. The molecule has 0 radical (unpaired) electrons. The molecule has 0 bridgehead atoms. The second kappa shape index (κ2) is 6.55. The number of amides is 1. The van der Waals surface area contributed by atoms with E-state index in [0.717, 1.165) is 17.7 Å². The highest BCUT2D eigenvalue weighted by Crippen LogP contribution is 2.13. The van der Waals surface area contributed by atoms with Crippen LogP contribution in [0.1, 0.15) is 29.3 Å². The summed E-state index contributed by atoms with van der Waals surface area (Å²) in [6, 6.07) is 5.35. The molecule has 0 saturated heterocycles. The maximum Gasteiger partial charge on any atom is 0.251 e. The van der Waals surface area contributed by atoms with Gasteiger partial charge in [0.15, 0.2) is 0 Å². The van der Waals surface area contributed by atoms with Gasteiger partial charge in [0.25, 0.3) is 5.91 Å². The van der Waals surface area contributed by atoms with E-state index < -0.39 is 0 Å². The van der Waals surface area contributed by atoms with E-state index in [1.54, 1.807) is 12.1 Å². The number of benzene rings is 1. The summed E-state index contributed by atoms with van der Waals surface area (Å²) >= 11 is 1.81. The van der Waals surface area contributed by atoms with Crippen molar-refractivity contribution in [3.05, 3.63) is 29.3 Å². The average Bonchev–Trinajstić information content (AvgIpc) is 2.32. The van der Waals surface area contributed by atoms with E-state index in [9.17, 15) is 4.79 Å². The summed E-state index contributed by atoms with van der Waals surface area (Å²) in [5.41, 5.74) is 8.05. The first-order valence-electron chi connectivity index (χ1n) is 5.71. The summed E-state index contributed by atoms with van der Waals surface area (Å²) in [5, 5.41) is 3.49. The van der Waals surface area contributed by atoms with Gasteiger partial charge in [0.1, 0.15) is 0 Å². The maximum absolute atomic E-state index is 11.8. The molecular formula is C13H20N2OS. The van der Waals surface area contributed by atoms with Crippen LogP contribution in [0.5, 0.6) is 0 Å². The van der Waals surface area contributed by atoms with Gasteiger partial charge < -0.3 is 11.1 Å². The van der Waals surface area contributed by atoms with Gasteiger partial charge >= 0.3 is 0 Å². The minimum atomic E-state index is -0.0265. The van der Waals surface area contributed by atoms with E-state index in [1.807, 2.05) is 24.8 Å². The fourth-order valence-corrected chi connectivity index (χ4v) is 1.78. The number of nitrogens with one attached hydrogen (secondary N) is 1. The monoisotopic (exact) mass is 252 g/mol. The van der Waals surface area contributed by atoms with Gasteiger partial charge in [-0.05, 0) is 43.4 Å². The van der Waals surface area contributed by atoms with Crippen LogP contribution in [-0.2, 0) is 0 Å². The Morgan fingerprint density at radius 3 is 2.82 bits per heavy atom. The van der Waals surface area contributed by atoms with Gasteiger partial charge in [-0.2, -0.15) is 11.8 Å². The Bertz CT molecular complexity index is 393. The van der Waals surface area contributed by atoms with E-state index >= 15 is 0 Å². The summed E-state index contributed by atoms with van der Waals surface area (Å²) in [6.45, 7) is 4.77. The lowest BCUT2D eigenvalue weighted by molar-refractivity contribution is 0.0953. The number of nitrogen functional groups attached to an aromatic ring is 1. The second-order valence-corrected chi connectivity index (χ2v) is 5.44. The van der Waals surface area contributed by atoms with Crippen molar-refractivity contribution in [1.29, 1.82) is 0 Å². The van der Waals surface area contributed by atoms with Gasteiger partial charge in [0, 0.05) is 23.0 Å². The predicted molar refractivity (Wildman–Crippen MR) is 75.5 cm³/mol. The molecule has 3 nitrogen and oxygen atoms in total.